The number of halogens is 1. The number of methoxy groups -OCH3 is 1. The van der Waals surface area contributed by atoms with Gasteiger partial charge in [0.05, 0.1) is 13.2 Å². The zero-order valence-corrected chi connectivity index (χ0v) is 16.2. The summed E-state index contributed by atoms with van der Waals surface area (Å²) in [5.74, 6) is 0.721. The van der Waals surface area contributed by atoms with E-state index in [1.807, 2.05) is 49.4 Å². The number of nitrogens with one attached hydrogen (secondary N) is 2. The fourth-order valence-corrected chi connectivity index (χ4v) is 3.14. The SMILES string of the molecule is COc1ccc(N2C[C@@H](NC(=O)Nc3ccc(Br)c(C)c3)CC2=O)cc1. The molecule has 0 saturated carbocycles. The van der Waals surface area contributed by atoms with Crippen LogP contribution in [0.25, 0.3) is 0 Å². The van der Waals surface area contributed by atoms with Gasteiger partial charge in [-0.1, -0.05) is 15.9 Å². The molecule has 3 amide bonds. The number of benzene rings is 2. The van der Waals surface area contributed by atoms with E-state index in [0.717, 1.165) is 21.5 Å². The van der Waals surface area contributed by atoms with Crippen LogP contribution >= 0.6 is 15.9 Å². The van der Waals surface area contributed by atoms with Gasteiger partial charge in [-0.05, 0) is 55.0 Å². The summed E-state index contributed by atoms with van der Waals surface area (Å²) in [5, 5.41) is 5.67. The van der Waals surface area contributed by atoms with E-state index in [9.17, 15) is 9.59 Å². The number of carbonyl (C=O) groups is 2. The lowest BCUT2D eigenvalue weighted by molar-refractivity contribution is -0.117. The number of hydrogen-bond acceptors (Lipinski definition) is 3. The second-order valence-electron chi connectivity index (χ2n) is 6.17. The van der Waals surface area contributed by atoms with E-state index in [0.29, 0.717) is 12.2 Å². The highest BCUT2D eigenvalue weighted by Crippen LogP contribution is 2.24. The number of amides is 3. The number of urea groups is 1. The van der Waals surface area contributed by atoms with Crippen molar-refractivity contribution in [3.8, 4) is 5.75 Å². The smallest absolute Gasteiger partial charge is 0.319 e. The van der Waals surface area contributed by atoms with E-state index in [4.69, 9.17) is 4.74 Å². The molecule has 1 fully saturated rings. The van der Waals surface area contributed by atoms with Crippen LogP contribution in [-0.2, 0) is 4.79 Å². The van der Waals surface area contributed by atoms with Crippen molar-refractivity contribution in [2.24, 2.45) is 0 Å². The van der Waals surface area contributed by atoms with E-state index >= 15 is 0 Å². The lowest BCUT2D eigenvalue weighted by Gasteiger charge is -2.18. The molecular weight excluding hydrogens is 398 g/mol. The lowest BCUT2D eigenvalue weighted by Crippen LogP contribution is -2.39. The zero-order chi connectivity index (χ0) is 18.7. The predicted octanol–water partition coefficient (Wildman–Crippen LogP) is 3.69. The van der Waals surface area contributed by atoms with Crippen LogP contribution in [0.3, 0.4) is 0 Å². The Kier molecular flexibility index (Phi) is 5.46. The maximum atomic E-state index is 12.3. The van der Waals surface area contributed by atoms with Crippen molar-refractivity contribution in [1.82, 2.24) is 5.32 Å². The lowest BCUT2D eigenvalue weighted by atomic mass is 10.2. The summed E-state index contributed by atoms with van der Waals surface area (Å²) in [4.78, 5) is 26.2. The molecule has 1 atom stereocenters. The molecule has 26 heavy (non-hydrogen) atoms. The Morgan fingerprint density at radius 3 is 2.62 bits per heavy atom. The highest BCUT2D eigenvalue weighted by atomic mass is 79.9. The van der Waals surface area contributed by atoms with Crippen LogP contribution in [0.5, 0.6) is 5.75 Å². The van der Waals surface area contributed by atoms with E-state index in [-0.39, 0.29) is 24.4 Å². The summed E-state index contributed by atoms with van der Waals surface area (Å²) in [6.07, 6.45) is 0.277. The number of nitrogens with zero attached hydrogens (tertiary/aromatic N) is 1. The van der Waals surface area contributed by atoms with Crippen molar-refractivity contribution in [3.05, 3.63) is 52.5 Å². The molecule has 2 N–H and O–H groups in total. The maximum Gasteiger partial charge on any atom is 0.319 e. The molecule has 0 radical (unpaired) electrons. The third-order valence-corrected chi connectivity index (χ3v) is 5.15. The third kappa shape index (κ3) is 4.16. The van der Waals surface area contributed by atoms with Crippen LogP contribution in [-0.4, -0.2) is 31.6 Å². The Hall–Kier alpha value is -2.54. The summed E-state index contributed by atoms with van der Waals surface area (Å²) in [6.45, 7) is 2.40. The van der Waals surface area contributed by atoms with Crippen LogP contribution in [0.15, 0.2) is 46.9 Å². The first kappa shape index (κ1) is 18.3. The van der Waals surface area contributed by atoms with Crippen LogP contribution in [0, 0.1) is 6.92 Å². The van der Waals surface area contributed by atoms with E-state index < -0.39 is 0 Å². The molecule has 1 saturated heterocycles. The number of aryl methyl sites for hydroxylation is 1. The van der Waals surface area contributed by atoms with Gasteiger partial charge in [0.1, 0.15) is 5.75 Å². The standard InChI is InChI=1S/C19H20BrN3O3/c1-12-9-13(3-8-17(12)20)21-19(25)22-14-10-18(24)23(11-14)15-4-6-16(26-2)7-5-15/h3-9,14H,10-11H2,1-2H3,(H2,21,22,25)/t14-/m0/s1. The number of anilines is 2. The molecule has 0 bridgehead atoms. The first-order valence-corrected chi connectivity index (χ1v) is 9.03. The molecule has 7 heteroatoms. The molecule has 6 nitrogen and oxygen atoms in total. The molecule has 2 aromatic rings. The van der Waals surface area contributed by atoms with Gasteiger partial charge >= 0.3 is 6.03 Å². The Labute approximate surface area is 160 Å². The van der Waals surface area contributed by atoms with Crippen LogP contribution < -0.4 is 20.3 Å². The van der Waals surface area contributed by atoms with Crippen LogP contribution in [0.4, 0.5) is 16.2 Å². The van der Waals surface area contributed by atoms with Gasteiger partial charge in [0, 0.05) is 28.8 Å². The maximum absolute atomic E-state index is 12.3. The van der Waals surface area contributed by atoms with Gasteiger partial charge in [-0.2, -0.15) is 0 Å². The fraction of sp³-hybridized carbons (Fsp3) is 0.263. The molecule has 2 aromatic carbocycles. The number of rotatable bonds is 4. The van der Waals surface area contributed by atoms with Crippen molar-refractivity contribution >= 4 is 39.2 Å². The fourth-order valence-electron chi connectivity index (χ4n) is 2.89. The Morgan fingerprint density at radius 1 is 1.23 bits per heavy atom. The quantitative estimate of drug-likeness (QED) is 0.796. The summed E-state index contributed by atoms with van der Waals surface area (Å²) in [5.41, 5.74) is 2.54. The first-order chi connectivity index (χ1) is 12.5. The minimum Gasteiger partial charge on any atom is -0.497 e. The average Bonchev–Trinajstić information content (AvgIpc) is 2.98. The first-order valence-electron chi connectivity index (χ1n) is 8.24. The molecule has 1 heterocycles. The molecule has 0 spiro atoms. The van der Waals surface area contributed by atoms with Gasteiger partial charge < -0.3 is 20.3 Å². The van der Waals surface area contributed by atoms with Gasteiger partial charge in [-0.25, -0.2) is 4.79 Å². The molecule has 3 rings (SSSR count). The molecule has 1 aliphatic rings. The molecule has 136 valence electrons. The monoisotopic (exact) mass is 417 g/mol. The summed E-state index contributed by atoms with van der Waals surface area (Å²) >= 11 is 3.43. The van der Waals surface area contributed by atoms with Crippen LogP contribution in [0.2, 0.25) is 0 Å². The molecule has 0 unspecified atom stereocenters. The summed E-state index contributed by atoms with van der Waals surface area (Å²) in [6, 6.07) is 12.3. The highest BCUT2D eigenvalue weighted by Gasteiger charge is 2.31. The van der Waals surface area contributed by atoms with Gasteiger partial charge in [-0.15, -0.1) is 0 Å². The van der Waals surface area contributed by atoms with E-state index in [1.165, 1.54) is 0 Å². The topological polar surface area (TPSA) is 70.7 Å². The number of carbonyl (C=O) groups excluding carboxylic acids is 2. The predicted molar refractivity (Wildman–Crippen MR) is 105 cm³/mol. The van der Waals surface area contributed by atoms with Crippen molar-refractivity contribution in [2.45, 2.75) is 19.4 Å². The molecule has 0 aromatic heterocycles. The van der Waals surface area contributed by atoms with Gasteiger partial charge in [-0.3, -0.25) is 4.79 Å². The van der Waals surface area contributed by atoms with Gasteiger partial charge in [0.15, 0.2) is 0 Å². The number of ether oxygens (including phenoxy) is 1. The number of hydrogen-bond donors (Lipinski definition) is 2. The van der Waals surface area contributed by atoms with Crippen LogP contribution in [0.1, 0.15) is 12.0 Å². The molecular formula is C19H20BrN3O3. The van der Waals surface area contributed by atoms with Crippen molar-refractivity contribution < 1.29 is 14.3 Å². The highest BCUT2D eigenvalue weighted by molar-refractivity contribution is 9.10. The largest absolute Gasteiger partial charge is 0.497 e. The zero-order valence-electron chi connectivity index (χ0n) is 14.6. The summed E-state index contributed by atoms with van der Waals surface area (Å²) < 4.78 is 6.12. The van der Waals surface area contributed by atoms with E-state index in [2.05, 4.69) is 26.6 Å². The normalized spacial score (nSPS) is 16.5. The third-order valence-electron chi connectivity index (χ3n) is 4.26. The average molecular weight is 418 g/mol. The second kappa shape index (κ2) is 7.78. The second-order valence-corrected chi connectivity index (χ2v) is 7.02. The van der Waals surface area contributed by atoms with Crippen molar-refractivity contribution in [2.75, 3.05) is 23.9 Å². The minimum atomic E-state index is -0.318. The van der Waals surface area contributed by atoms with Gasteiger partial charge in [0.25, 0.3) is 0 Å². The van der Waals surface area contributed by atoms with Crippen molar-refractivity contribution in [3.63, 3.8) is 0 Å². The van der Waals surface area contributed by atoms with Crippen molar-refractivity contribution in [1.29, 1.82) is 0 Å². The minimum absolute atomic E-state index is 0.0139. The Bertz CT molecular complexity index is 823. The Balaban J connectivity index is 1.59. The van der Waals surface area contributed by atoms with E-state index in [1.54, 1.807) is 12.0 Å². The Morgan fingerprint density at radius 2 is 1.96 bits per heavy atom. The molecule has 0 aliphatic carbocycles. The van der Waals surface area contributed by atoms with Gasteiger partial charge in [0.2, 0.25) is 5.91 Å². The molecule has 1 aliphatic heterocycles. The summed E-state index contributed by atoms with van der Waals surface area (Å²) in [7, 11) is 1.60.